The van der Waals surface area contributed by atoms with E-state index in [1.165, 1.54) is 17.1 Å². The normalized spacial score (nSPS) is 10.0. The van der Waals surface area contributed by atoms with E-state index in [1.807, 2.05) is 0 Å². The van der Waals surface area contributed by atoms with Crippen LogP contribution >= 0.6 is 0 Å². The smallest absolute Gasteiger partial charge is 0.239 e. The molecule has 0 aliphatic heterocycles. The van der Waals surface area contributed by atoms with E-state index in [2.05, 4.69) is 10.1 Å². The average Bonchev–Trinajstić information content (AvgIpc) is 2.67. The van der Waals surface area contributed by atoms with E-state index in [-0.39, 0.29) is 18.1 Å². The van der Waals surface area contributed by atoms with E-state index in [0.29, 0.717) is 5.56 Å². The molecule has 2 N–H and O–H groups in total. The zero-order valence-electron chi connectivity index (χ0n) is 8.26. The summed E-state index contributed by atoms with van der Waals surface area (Å²) in [6, 6.07) is 6.42. The van der Waals surface area contributed by atoms with E-state index in [1.54, 1.807) is 18.2 Å². The zero-order chi connectivity index (χ0) is 11.5. The number of nitrogens with two attached hydrogens (primary N) is 1. The molecule has 1 heterocycles. The van der Waals surface area contributed by atoms with Crippen LogP contribution in [0.4, 0.5) is 10.3 Å². The average molecular weight is 217 g/mol. The van der Waals surface area contributed by atoms with Gasteiger partial charge in [0, 0.05) is 5.56 Å². The summed E-state index contributed by atoms with van der Waals surface area (Å²) in [7, 11) is 0. The van der Waals surface area contributed by atoms with Crippen LogP contribution in [0.25, 0.3) is 0 Å². The van der Waals surface area contributed by atoms with Crippen molar-refractivity contribution in [3.05, 3.63) is 41.5 Å². The third-order valence-corrected chi connectivity index (χ3v) is 2.09. The summed E-state index contributed by atoms with van der Waals surface area (Å²) in [4.78, 5) is 3.73. The fourth-order valence-electron chi connectivity index (χ4n) is 1.35. The summed E-state index contributed by atoms with van der Waals surface area (Å²) in [6.07, 6.45) is 1.41. The molecule has 0 saturated carbocycles. The molecule has 0 bridgehead atoms. The molecule has 80 valence electrons. The summed E-state index contributed by atoms with van der Waals surface area (Å²) in [5.41, 5.74) is 5.73. The number of nitrogen functional groups attached to an aromatic ring is 1. The molecule has 2 rings (SSSR count). The fraction of sp³-hybridized carbons (Fsp3) is 0.100. The maximum Gasteiger partial charge on any atom is 0.239 e. The van der Waals surface area contributed by atoms with Gasteiger partial charge in [0.2, 0.25) is 5.95 Å². The molecule has 2 aromatic rings. The Labute approximate surface area is 90.9 Å². The van der Waals surface area contributed by atoms with E-state index < -0.39 is 5.82 Å². The van der Waals surface area contributed by atoms with Crippen LogP contribution in [0.3, 0.4) is 0 Å². The molecule has 1 aromatic carbocycles. The zero-order valence-corrected chi connectivity index (χ0v) is 8.26. The van der Waals surface area contributed by atoms with E-state index in [4.69, 9.17) is 11.0 Å². The topological polar surface area (TPSA) is 80.5 Å². The van der Waals surface area contributed by atoms with Crippen molar-refractivity contribution in [2.45, 2.75) is 6.54 Å². The van der Waals surface area contributed by atoms with Gasteiger partial charge in [0.1, 0.15) is 18.2 Å². The van der Waals surface area contributed by atoms with Crippen LogP contribution in [0.5, 0.6) is 0 Å². The number of hydrogen-bond acceptors (Lipinski definition) is 4. The second kappa shape index (κ2) is 3.98. The van der Waals surface area contributed by atoms with Gasteiger partial charge in [-0.2, -0.15) is 5.26 Å². The van der Waals surface area contributed by atoms with Crippen LogP contribution in [0.15, 0.2) is 24.5 Å². The minimum atomic E-state index is -0.529. The first kappa shape index (κ1) is 10.1. The molecule has 0 spiro atoms. The van der Waals surface area contributed by atoms with Crippen LogP contribution in [-0.2, 0) is 6.54 Å². The van der Waals surface area contributed by atoms with Gasteiger partial charge in [0.15, 0.2) is 0 Å². The van der Waals surface area contributed by atoms with E-state index >= 15 is 0 Å². The third kappa shape index (κ3) is 1.83. The quantitative estimate of drug-likeness (QED) is 0.811. The molecule has 0 fully saturated rings. The number of benzene rings is 1. The molecule has 5 nitrogen and oxygen atoms in total. The van der Waals surface area contributed by atoms with Crippen molar-refractivity contribution in [1.82, 2.24) is 14.8 Å². The van der Waals surface area contributed by atoms with Crippen molar-refractivity contribution >= 4 is 5.95 Å². The Morgan fingerprint density at radius 2 is 2.31 bits per heavy atom. The molecule has 0 radical (unpaired) electrons. The number of hydrogen-bond donors (Lipinski definition) is 1. The number of halogens is 1. The molecule has 6 heteroatoms. The summed E-state index contributed by atoms with van der Waals surface area (Å²) >= 11 is 0. The van der Waals surface area contributed by atoms with E-state index in [9.17, 15) is 4.39 Å². The van der Waals surface area contributed by atoms with Crippen LogP contribution in [-0.4, -0.2) is 14.8 Å². The fourth-order valence-corrected chi connectivity index (χ4v) is 1.35. The van der Waals surface area contributed by atoms with Gasteiger partial charge in [0.25, 0.3) is 0 Å². The summed E-state index contributed by atoms with van der Waals surface area (Å²) in [6.45, 7) is 0.200. The molecule has 16 heavy (non-hydrogen) atoms. The lowest BCUT2D eigenvalue weighted by Gasteiger charge is -2.03. The predicted molar refractivity (Wildman–Crippen MR) is 54.7 cm³/mol. The van der Waals surface area contributed by atoms with Crippen molar-refractivity contribution in [2.24, 2.45) is 0 Å². The number of aromatic nitrogens is 3. The van der Waals surface area contributed by atoms with Gasteiger partial charge < -0.3 is 5.73 Å². The monoisotopic (exact) mass is 217 g/mol. The van der Waals surface area contributed by atoms with Gasteiger partial charge in [-0.1, -0.05) is 12.1 Å². The van der Waals surface area contributed by atoms with Crippen molar-refractivity contribution < 1.29 is 4.39 Å². The van der Waals surface area contributed by atoms with Crippen LogP contribution in [0.2, 0.25) is 0 Å². The number of nitriles is 1. The molecule has 0 amide bonds. The number of rotatable bonds is 2. The first-order valence-corrected chi connectivity index (χ1v) is 4.53. The largest absolute Gasteiger partial charge is 0.367 e. The molecule has 1 aromatic heterocycles. The third-order valence-electron chi connectivity index (χ3n) is 2.09. The minimum absolute atomic E-state index is 0.0191. The second-order valence-corrected chi connectivity index (χ2v) is 3.19. The highest BCUT2D eigenvalue weighted by molar-refractivity contribution is 5.35. The van der Waals surface area contributed by atoms with Crippen molar-refractivity contribution in [2.75, 3.05) is 5.73 Å². The lowest BCUT2D eigenvalue weighted by atomic mass is 10.1. The van der Waals surface area contributed by atoms with E-state index in [0.717, 1.165) is 0 Å². The summed E-state index contributed by atoms with van der Waals surface area (Å²) in [5, 5.41) is 12.5. The molecular weight excluding hydrogens is 209 g/mol. The lowest BCUT2D eigenvalue weighted by Crippen LogP contribution is -2.04. The first-order chi connectivity index (χ1) is 7.70. The Balaban J connectivity index is 2.32. The highest BCUT2D eigenvalue weighted by atomic mass is 19.1. The van der Waals surface area contributed by atoms with Gasteiger partial charge >= 0.3 is 0 Å². The Bertz CT molecular complexity index is 555. The number of nitrogens with zero attached hydrogens (tertiary/aromatic N) is 4. The van der Waals surface area contributed by atoms with Gasteiger partial charge in [-0.05, 0) is 6.07 Å². The van der Waals surface area contributed by atoms with Crippen molar-refractivity contribution in [3.8, 4) is 6.07 Å². The number of anilines is 1. The Hall–Kier alpha value is -2.42. The SMILES string of the molecule is N#Cc1cccc(Cn2cnc(N)n2)c1F. The van der Waals surface area contributed by atoms with Crippen molar-refractivity contribution in [1.29, 1.82) is 5.26 Å². The lowest BCUT2D eigenvalue weighted by molar-refractivity contribution is 0.582. The maximum atomic E-state index is 13.7. The molecule has 0 atom stereocenters. The highest BCUT2D eigenvalue weighted by Crippen LogP contribution is 2.13. The van der Waals surface area contributed by atoms with Gasteiger partial charge in [-0.15, -0.1) is 5.10 Å². The Kier molecular flexibility index (Phi) is 2.52. The van der Waals surface area contributed by atoms with Gasteiger partial charge in [-0.3, -0.25) is 0 Å². The molecular formula is C10H8FN5. The summed E-state index contributed by atoms with van der Waals surface area (Å²) < 4.78 is 15.1. The molecule has 0 aliphatic carbocycles. The standard InChI is InChI=1S/C10H8FN5/c11-9-7(4-12)2-1-3-8(9)5-16-6-14-10(13)15-16/h1-3,6H,5H2,(H2,13,15). The molecule has 0 unspecified atom stereocenters. The Morgan fingerprint density at radius 1 is 1.50 bits per heavy atom. The Morgan fingerprint density at radius 3 is 2.94 bits per heavy atom. The van der Waals surface area contributed by atoms with Crippen LogP contribution in [0.1, 0.15) is 11.1 Å². The maximum absolute atomic E-state index is 13.7. The van der Waals surface area contributed by atoms with Crippen LogP contribution < -0.4 is 5.73 Å². The van der Waals surface area contributed by atoms with Crippen molar-refractivity contribution in [3.63, 3.8) is 0 Å². The minimum Gasteiger partial charge on any atom is -0.367 e. The molecule has 0 aliphatic rings. The van der Waals surface area contributed by atoms with Gasteiger partial charge in [-0.25, -0.2) is 14.1 Å². The molecule has 0 saturated heterocycles. The second-order valence-electron chi connectivity index (χ2n) is 3.19. The highest BCUT2D eigenvalue weighted by Gasteiger charge is 2.08. The predicted octanol–water partition coefficient (Wildman–Crippen LogP) is 0.919. The van der Waals surface area contributed by atoms with Crippen LogP contribution in [0, 0.1) is 17.1 Å². The first-order valence-electron chi connectivity index (χ1n) is 4.53. The van der Waals surface area contributed by atoms with Gasteiger partial charge in [0.05, 0.1) is 12.1 Å². The summed E-state index contributed by atoms with van der Waals surface area (Å²) in [5.74, 6) is -0.393.